The van der Waals surface area contributed by atoms with Crippen LogP contribution in [0.2, 0.25) is 0 Å². The summed E-state index contributed by atoms with van der Waals surface area (Å²) in [5, 5.41) is 3.48. The largest absolute Gasteiger partial charge is 0.342 e. The van der Waals surface area contributed by atoms with Crippen LogP contribution < -0.4 is 5.32 Å². The number of nitrogens with one attached hydrogen (secondary N) is 1. The van der Waals surface area contributed by atoms with E-state index in [0.717, 1.165) is 26.2 Å². The van der Waals surface area contributed by atoms with Crippen LogP contribution in [0.3, 0.4) is 0 Å². The Morgan fingerprint density at radius 2 is 1.60 bits per heavy atom. The van der Waals surface area contributed by atoms with Crippen molar-refractivity contribution in [2.75, 3.05) is 26.2 Å². The predicted molar refractivity (Wildman–Crippen MR) is 84.0 cm³/mol. The lowest BCUT2D eigenvalue weighted by molar-refractivity contribution is -0.136. The van der Waals surface area contributed by atoms with E-state index in [1.807, 2.05) is 0 Å². The van der Waals surface area contributed by atoms with Crippen molar-refractivity contribution in [2.45, 2.75) is 47.0 Å². The summed E-state index contributed by atoms with van der Waals surface area (Å²) >= 11 is 0. The summed E-state index contributed by atoms with van der Waals surface area (Å²) in [6, 6.07) is 0. The van der Waals surface area contributed by atoms with E-state index >= 15 is 0 Å². The molecule has 0 unspecified atom stereocenters. The highest BCUT2D eigenvalue weighted by atomic mass is 35.5. The Balaban J connectivity index is 0.00000147. The number of halogens is 1. The van der Waals surface area contributed by atoms with E-state index in [1.165, 1.54) is 19.3 Å². The molecule has 1 amide bonds. The summed E-state index contributed by atoms with van der Waals surface area (Å²) in [4.78, 5) is 14.8. The number of rotatable bonds is 1. The normalized spacial score (nSPS) is 30.1. The third kappa shape index (κ3) is 2.18. The first-order chi connectivity index (χ1) is 8.80. The van der Waals surface area contributed by atoms with Crippen LogP contribution in [-0.2, 0) is 4.79 Å². The summed E-state index contributed by atoms with van der Waals surface area (Å²) in [5.74, 6) is 0.645. The number of piperidine rings is 1. The van der Waals surface area contributed by atoms with Gasteiger partial charge in [0, 0.05) is 25.6 Å². The fraction of sp³-hybridized carbons (Fsp3) is 0.938. The van der Waals surface area contributed by atoms with Crippen LogP contribution in [0.15, 0.2) is 0 Å². The second kappa shape index (κ2) is 4.88. The van der Waals surface area contributed by atoms with Gasteiger partial charge in [-0.3, -0.25) is 4.79 Å². The average Bonchev–Trinajstić information content (AvgIpc) is 2.69. The van der Waals surface area contributed by atoms with E-state index in [0.29, 0.717) is 11.3 Å². The van der Waals surface area contributed by atoms with Gasteiger partial charge >= 0.3 is 0 Å². The van der Waals surface area contributed by atoms with Gasteiger partial charge in [-0.1, -0.05) is 27.7 Å². The fourth-order valence-electron chi connectivity index (χ4n) is 4.42. The summed E-state index contributed by atoms with van der Waals surface area (Å²) in [5.41, 5.74) is 0.855. The molecule has 3 rings (SSSR count). The van der Waals surface area contributed by atoms with Gasteiger partial charge in [0.1, 0.15) is 0 Å². The molecular weight excluding hydrogens is 272 g/mol. The first kappa shape index (κ1) is 16.1. The first-order valence-electron chi connectivity index (χ1n) is 7.80. The van der Waals surface area contributed by atoms with E-state index in [4.69, 9.17) is 0 Å². The van der Waals surface area contributed by atoms with E-state index in [2.05, 4.69) is 37.9 Å². The molecule has 1 saturated carbocycles. The Kier molecular flexibility index (Phi) is 3.92. The van der Waals surface area contributed by atoms with E-state index in [9.17, 15) is 4.79 Å². The minimum absolute atomic E-state index is 0. The number of hydrogen-bond donors (Lipinski definition) is 1. The molecule has 116 valence electrons. The summed E-state index contributed by atoms with van der Waals surface area (Å²) in [7, 11) is 0. The van der Waals surface area contributed by atoms with Gasteiger partial charge in [-0.2, -0.15) is 0 Å². The average molecular weight is 301 g/mol. The number of carbonyl (C=O) groups is 1. The molecule has 0 radical (unpaired) electrons. The van der Waals surface area contributed by atoms with E-state index < -0.39 is 0 Å². The van der Waals surface area contributed by atoms with Crippen molar-refractivity contribution in [2.24, 2.45) is 22.2 Å². The molecule has 2 heterocycles. The summed E-state index contributed by atoms with van der Waals surface area (Å²) < 4.78 is 0. The van der Waals surface area contributed by atoms with Gasteiger partial charge < -0.3 is 10.2 Å². The zero-order valence-electron chi connectivity index (χ0n) is 13.3. The van der Waals surface area contributed by atoms with Crippen LogP contribution in [0.5, 0.6) is 0 Å². The van der Waals surface area contributed by atoms with Gasteiger partial charge in [0.2, 0.25) is 5.91 Å². The van der Waals surface area contributed by atoms with Crippen molar-refractivity contribution < 1.29 is 4.79 Å². The highest BCUT2D eigenvalue weighted by molar-refractivity contribution is 5.85. The molecule has 2 saturated heterocycles. The lowest BCUT2D eigenvalue weighted by atomic mass is 9.77. The lowest BCUT2D eigenvalue weighted by Crippen LogP contribution is -2.45. The smallest absolute Gasteiger partial charge is 0.226 e. The molecule has 3 fully saturated rings. The van der Waals surface area contributed by atoms with E-state index in [-0.39, 0.29) is 29.2 Å². The molecule has 1 aliphatic carbocycles. The molecule has 0 bridgehead atoms. The van der Waals surface area contributed by atoms with Crippen LogP contribution in [0, 0.1) is 22.2 Å². The Morgan fingerprint density at radius 3 is 2.00 bits per heavy atom. The number of carbonyl (C=O) groups excluding carboxylic acids is 1. The number of hydrogen-bond acceptors (Lipinski definition) is 2. The molecule has 2 aliphatic heterocycles. The van der Waals surface area contributed by atoms with Crippen molar-refractivity contribution in [1.29, 1.82) is 0 Å². The minimum Gasteiger partial charge on any atom is -0.342 e. The number of nitrogens with zero attached hydrogens (tertiary/aromatic N) is 1. The third-order valence-corrected chi connectivity index (χ3v) is 6.74. The van der Waals surface area contributed by atoms with Gasteiger partial charge in [0.15, 0.2) is 0 Å². The maximum atomic E-state index is 12.7. The van der Waals surface area contributed by atoms with Crippen LogP contribution in [-0.4, -0.2) is 37.0 Å². The topological polar surface area (TPSA) is 32.3 Å². The monoisotopic (exact) mass is 300 g/mol. The molecule has 0 aromatic heterocycles. The zero-order valence-corrected chi connectivity index (χ0v) is 14.1. The van der Waals surface area contributed by atoms with Crippen LogP contribution in [0.25, 0.3) is 0 Å². The van der Waals surface area contributed by atoms with Crippen molar-refractivity contribution in [3.8, 4) is 0 Å². The molecule has 0 aromatic rings. The Morgan fingerprint density at radius 1 is 1.05 bits per heavy atom. The molecule has 4 heteroatoms. The van der Waals surface area contributed by atoms with Crippen LogP contribution in [0.4, 0.5) is 0 Å². The molecule has 0 aromatic carbocycles. The number of likely N-dealkylation sites (tertiary alicyclic amines) is 1. The minimum atomic E-state index is 0. The summed E-state index contributed by atoms with van der Waals surface area (Å²) in [6.07, 6.45) is 3.69. The Hall–Kier alpha value is -0.280. The molecular formula is C16H29ClN2O. The van der Waals surface area contributed by atoms with Crippen molar-refractivity contribution in [1.82, 2.24) is 10.2 Å². The standard InChI is InChI=1S/C16H28N2O.ClH/c1-14(2)12(15(14,3)4)13(19)18-9-6-16(7-10-18)5-8-17-11-16;/h12,17H,5-11H2,1-4H3;1H. The van der Waals surface area contributed by atoms with Gasteiger partial charge in [0.05, 0.1) is 0 Å². The SMILES string of the molecule is CC1(C)C(C(=O)N2CCC3(CCNC3)CC2)C1(C)C.Cl. The van der Waals surface area contributed by atoms with Crippen molar-refractivity contribution in [3.05, 3.63) is 0 Å². The lowest BCUT2D eigenvalue weighted by Gasteiger charge is -2.39. The van der Waals surface area contributed by atoms with Crippen LogP contribution in [0.1, 0.15) is 47.0 Å². The van der Waals surface area contributed by atoms with Gasteiger partial charge in [-0.25, -0.2) is 0 Å². The zero-order chi connectivity index (χ0) is 13.9. The molecule has 0 atom stereocenters. The molecule has 1 N–H and O–H groups in total. The quantitative estimate of drug-likeness (QED) is 0.807. The second-order valence-electron chi connectivity index (χ2n) is 8.13. The second-order valence-corrected chi connectivity index (χ2v) is 8.13. The Labute approximate surface area is 129 Å². The maximum Gasteiger partial charge on any atom is 0.226 e. The summed E-state index contributed by atoms with van der Waals surface area (Å²) in [6.45, 7) is 13.2. The predicted octanol–water partition coefficient (Wildman–Crippen LogP) is 2.69. The van der Waals surface area contributed by atoms with Gasteiger partial charge in [-0.05, 0) is 42.1 Å². The van der Waals surface area contributed by atoms with Crippen molar-refractivity contribution >= 4 is 18.3 Å². The highest BCUT2D eigenvalue weighted by Gasteiger charge is 2.68. The molecule has 3 nitrogen and oxygen atoms in total. The van der Waals surface area contributed by atoms with Gasteiger partial charge in [-0.15, -0.1) is 12.4 Å². The van der Waals surface area contributed by atoms with E-state index in [1.54, 1.807) is 0 Å². The van der Waals surface area contributed by atoms with Crippen molar-refractivity contribution in [3.63, 3.8) is 0 Å². The van der Waals surface area contributed by atoms with Gasteiger partial charge in [0.25, 0.3) is 0 Å². The fourth-order valence-corrected chi connectivity index (χ4v) is 4.42. The maximum absolute atomic E-state index is 12.7. The van der Waals surface area contributed by atoms with Crippen LogP contribution >= 0.6 is 12.4 Å². The Bertz CT molecular complexity index is 375. The first-order valence-corrected chi connectivity index (χ1v) is 7.80. The third-order valence-electron chi connectivity index (χ3n) is 6.74. The molecule has 3 aliphatic rings. The number of amides is 1. The molecule has 20 heavy (non-hydrogen) atoms. The highest BCUT2D eigenvalue weighted by Crippen LogP contribution is 2.68. The molecule has 1 spiro atoms.